The maximum absolute atomic E-state index is 13.3. The second-order valence-corrected chi connectivity index (χ2v) is 6.44. The number of alkyl halides is 2. The Balaban J connectivity index is 1.56. The first kappa shape index (κ1) is 18.8. The normalized spacial score (nSPS) is 14.1. The molecule has 1 N–H and O–H groups in total. The average molecular weight is 402 g/mol. The van der Waals surface area contributed by atoms with Crippen LogP contribution in [0.3, 0.4) is 0 Å². The predicted octanol–water partition coefficient (Wildman–Crippen LogP) is 3.88. The molecule has 1 amide bonds. The summed E-state index contributed by atoms with van der Waals surface area (Å²) in [5, 5.41) is 6.50. The van der Waals surface area contributed by atoms with Gasteiger partial charge in [-0.3, -0.25) is 9.78 Å². The smallest absolute Gasteiger partial charge is 0.395 e. The number of amides is 1. The molecule has 8 nitrogen and oxygen atoms in total. The Bertz CT molecular complexity index is 1100. The SMILES string of the molecule is CCc1noc(C)c1C(=O)Nc1cnc(-c2cc3c(cc2C)OC(F)(F)O3)cn1. The van der Waals surface area contributed by atoms with Crippen LogP contribution in [0, 0.1) is 13.8 Å². The molecule has 3 aromatic rings. The second kappa shape index (κ2) is 6.80. The standard InChI is InChI=1S/C19H16F2N4O4/c1-4-12-17(10(3)29-25-12)18(26)24-16-8-22-13(7-23-16)11-6-15-14(5-9(11)2)27-19(20,21)28-15/h5-8H,4H2,1-3H3,(H,23,24,26). The third-order valence-electron chi connectivity index (χ3n) is 4.41. The molecule has 3 heterocycles. The number of benzene rings is 1. The van der Waals surface area contributed by atoms with Crippen molar-refractivity contribution in [3.63, 3.8) is 0 Å². The van der Waals surface area contributed by atoms with Crippen molar-refractivity contribution in [2.45, 2.75) is 33.5 Å². The van der Waals surface area contributed by atoms with Crippen LogP contribution in [0.2, 0.25) is 0 Å². The highest BCUT2D eigenvalue weighted by Gasteiger charge is 2.43. The molecule has 2 aromatic heterocycles. The van der Waals surface area contributed by atoms with E-state index in [0.717, 1.165) is 0 Å². The topological polar surface area (TPSA) is 99.4 Å². The number of carbonyl (C=O) groups is 1. The number of fused-ring (bicyclic) bond motifs is 1. The number of aryl methyl sites for hydroxylation is 3. The zero-order valence-electron chi connectivity index (χ0n) is 15.7. The maximum Gasteiger partial charge on any atom is 0.586 e. The van der Waals surface area contributed by atoms with Gasteiger partial charge in [-0.05, 0) is 38.0 Å². The molecule has 1 aromatic carbocycles. The molecule has 1 aliphatic heterocycles. The highest BCUT2D eigenvalue weighted by Crippen LogP contribution is 2.44. The van der Waals surface area contributed by atoms with E-state index in [1.54, 1.807) is 13.8 Å². The van der Waals surface area contributed by atoms with Gasteiger partial charge in [-0.1, -0.05) is 12.1 Å². The number of hydrogen-bond acceptors (Lipinski definition) is 7. The van der Waals surface area contributed by atoms with Crippen molar-refractivity contribution in [2.75, 3.05) is 5.32 Å². The molecule has 0 bridgehead atoms. The van der Waals surface area contributed by atoms with Crippen molar-refractivity contribution in [2.24, 2.45) is 0 Å². The van der Waals surface area contributed by atoms with E-state index >= 15 is 0 Å². The minimum atomic E-state index is -3.69. The van der Waals surface area contributed by atoms with Crippen molar-refractivity contribution in [3.8, 4) is 22.8 Å². The molecule has 0 spiro atoms. The molecule has 0 radical (unpaired) electrons. The van der Waals surface area contributed by atoms with Gasteiger partial charge in [0, 0.05) is 5.56 Å². The van der Waals surface area contributed by atoms with Crippen molar-refractivity contribution in [3.05, 3.63) is 47.1 Å². The fraction of sp³-hybridized carbons (Fsp3) is 0.263. The summed E-state index contributed by atoms with van der Waals surface area (Å²) in [7, 11) is 0. The van der Waals surface area contributed by atoms with E-state index < -0.39 is 12.2 Å². The van der Waals surface area contributed by atoms with E-state index in [1.165, 1.54) is 24.5 Å². The lowest BCUT2D eigenvalue weighted by molar-refractivity contribution is -0.286. The zero-order valence-corrected chi connectivity index (χ0v) is 15.7. The van der Waals surface area contributed by atoms with Gasteiger partial charge in [0.1, 0.15) is 11.3 Å². The predicted molar refractivity (Wildman–Crippen MR) is 97.0 cm³/mol. The summed E-state index contributed by atoms with van der Waals surface area (Å²) in [5.74, 6) is 0.126. The highest BCUT2D eigenvalue weighted by molar-refractivity contribution is 6.05. The van der Waals surface area contributed by atoms with Crippen molar-refractivity contribution in [1.82, 2.24) is 15.1 Å². The highest BCUT2D eigenvalue weighted by atomic mass is 19.3. The number of nitrogens with one attached hydrogen (secondary N) is 1. The van der Waals surface area contributed by atoms with Crippen LogP contribution in [0.4, 0.5) is 14.6 Å². The second-order valence-electron chi connectivity index (χ2n) is 6.44. The van der Waals surface area contributed by atoms with Crippen LogP contribution in [0.25, 0.3) is 11.3 Å². The van der Waals surface area contributed by atoms with Gasteiger partial charge in [-0.2, -0.15) is 0 Å². The first-order valence-electron chi connectivity index (χ1n) is 8.77. The Hall–Kier alpha value is -3.56. The van der Waals surface area contributed by atoms with Crippen LogP contribution in [0.15, 0.2) is 29.0 Å². The summed E-state index contributed by atoms with van der Waals surface area (Å²) >= 11 is 0. The van der Waals surface area contributed by atoms with Gasteiger partial charge in [0.05, 0.1) is 23.8 Å². The first-order chi connectivity index (χ1) is 13.8. The minimum absolute atomic E-state index is 0.0380. The molecule has 0 saturated carbocycles. The third kappa shape index (κ3) is 3.48. The van der Waals surface area contributed by atoms with E-state index in [1.807, 2.05) is 6.92 Å². The molecule has 10 heteroatoms. The molecule has 150 valence electrons. The lowest BCUT2D eigenvalue weighted by Gasteiger charge is -2.08. The molecule has 4 rings (SSSR count). The molecule has 29 heavy (non-hydrogen) atoms. The Morgan fingerprint density at radius 1 is 1.14 bits per heavy atom. The maximum atomic E-state index is 13.3. The molecule has 0 unspecified atom stereocenters. The summed E-state index contributed by atoms with van der Waals surface area (Å²) < 4.78 is 40.5. The fourth-order valence-electron chi connectivity index (χ4n) is 3.03. The van der Waals surface area contributed by atoms with Crippen LogP contribution in [0.1, 0.15) is 34.3 Å². The Kier molecular flexibility index (Phi) is 4.40. The summed E-state index contributed by atoms with van der Waals surface area (Å²) in [6, 6.07) is 2.87. The van der Waals surface area contributed by atoms with Crippen LogP contribution in [0.5, 0.6) is 11.5 Å². The number of carbonyl (C=O) groups excluding carboxylic acids is 1. The summed E-state index contributed by atoms with van der Waals surface area (Å²) in [6.07, 6.45) is -0.336. The van der Waals surface area contributed by atoms with E-state index in [9.17, 15) is 13.6 Å². The van der Waals surface area contributed by atoms with E-state index in [-0.39, 0.29) is 17.3 Å². The van der Waals surface area contributed by atoms with E-state index in [0.29, 0.717) is 40.3 Å². The van der Waals surface area contributed by atoms with Crippen LogP contribution in [-0.4, -0.2) is 27.3 Å². The number of hydrogen-bond donors (Lipinski definition) is 1. The van der Waals surface area contributed by atoms with Crippen LogP contribution >= 0.6 is 0 Å². The van der Waals surface area contributed by atoms with Crippen molar-refractivity contribution < 1.29 is 27.6 Å². The number of anilines is 1. The molecular formula is C19H16F2N4O4. The van der Waals surface area contributed by atoms with Gasteiger partial charge in [0.2, 0.25) is 0 Å². The molecule has 0 aliphatic carbocycles. The first-order valence-corrected chi connectivity index (χ1v) is 8.77. The summed E-state index contributed by atoms with van der Waals surface area (Å²) in [5.41, 5.74) is 2.56. The molecular weight excluding hydrogens is 386 g/mol. The van der Waals surface area contributed by atoms with Gasteiger partial charge in [-0.25, -0.2) is 4.98 Å². The van der Waals surface area contributed by atoms with Crippen molar-refractivity contribution >= 4 is 11.7 Å². The van der Waals surface area contributed by atoms with Gasteiger partial charge in [0.15, 0.2) is 17.3 Å². The molecule has 0 fully saturated rings. The third-order valence-corrected chi connectivity index (χ3v) is 4.41. The number of nitrogens with zero attached hydrogens (tertiary/aromatic N) is 3. The summed E-state index contributed by atoms with van der Waals surface area (Å²) in [6.45, 7) is 5.25. The molecule has 0 atom stereocenters. The van der Waals surface area contributed by atoms with Gasteiger partial charge in [-0.15, -0.1) is 8.78 Å². The minimum Gasteiger partial charge on any atom is -0.395 e. The molecule has 1 aliphatic rings. The summed E-state index contributed by atoms with van der Waals surface area (Å²) in [4.78, 5) is 21.0. The Morgan fingerprint density at radius 2 is 1.86 bits per heavy atom. The average Bonchev–Trinajstić information content (AvgIpc) is 3.19. The van der Waals surface area contributed by atoms with Crippen LogP contribution < -0.4 is 14.8 Å². The lowest BCUT2D eigenvalue weighted by atomic mass is 10.1. The molecule has 0 saturated heterocycles. The zero-order chi connectivity index (χ0) is 20.8. The van der Waals surface area contributed by atoms with E-state index in [2.05, 4.69) is 29.9 Å². The monoisotopic (exact) mass is 402 g/mol. The Labute approximate surface area is 163 Å². The quantitative estimate of drug-likeness (QED) is 0.707. The van der Waals surface area contributed by atoms with Gasteiger partial charge < -0.3 is 19.3 Å². The fourth-order valence-corrected chi connectivity index (χ4v) is 3.03. The van der Waals surface area contributed by atoms with Gasteiger partial charge >= 0.3 is 6.29 Å². The number of aromatic nitrogens is 3. The van der Waals surface area contributed by atoms with E-state index in [4.69, 9.17) is 4.52 Å². The van der Waals surface area contributed by atoms with Crippen molar-refractivity contribution in [1.29, 1.82) is 0 Å². The number of halogens is 2. The largest absolute Gasteiger partial charge is 0.586 e. The van der Waals surface area contributed by atoms with Gasteiger partial charge in [0.25, 0.3) is 5.91 Å². The number of rotatable bonds is 4. The lowest BCUT2D eigenvalue weighted by Crippen LogP contribution is -2.25. The number of ether oxygens (including phenoxy) is 2. The van der Waals surface area contributed by atoms with Crippen LogP contribution in [-0.2, 0) is 6.42 Å². The Morgan fingerprint density at radius 3 is 2.52 bits per heavy atom.